The van der Waals surface area contributed by atoms with Crippen LogP contribution in [0.1, 0.15) is 10.4 Å². The monoisotopic (exact) mass is 487 g/mol. The Morgan fingerprint density at radius 2 is 1.58 bits per heavy atom. The van der Waals surface area contributed by atoms with E-state index >= 15 is 0 Å². The molecule has 1 N–H and O–H groups in total. The second kappa shape index (κ2) is 9.24. The molecule has 6 heteroatoms. The molecule has 6 aromatic rings. The van der Waals surface area contributed by atoms with E-state index in [0.717, 1.165) is 44.2 Å². The molecule has 6 rings (SSSR count). The van der Waals surface area contributed by atoms with Crippen LogP contribution in [0.4, 0.5) is 5.13 Å². The first-order valence-electron chi connectivity index (χ1n) is 11.5. The molecule has 2 aromatic heterocycles. The first-order chi connectivity index (χ1) is 17.7. The van der Waals surface area contributed by atoms with Crippen LogP contribution in [0.25, 0.3) is 44.2 Å². The number of nitrogens with one attached hydrogen (secondary N) is 1. The van der Waals surface area contributed by atoms with Crippen LogP contribution in [0.5, 0.6) is 5.75 Å². The van der Waals surface area contributed by atoms with Crippen molar-refractivity contribution in [3.63, 3.8) is 0 Å². The third kappa shape index (κ3) is 4.08. The Hall–Kier alpha value is -4.55. The Kier molecular flexibility index (Phi) is 5.64. The SMILES string of the molecule is COc1cccc(-c2cc(C(=O)Nc3nc(-c4cccc5ccccc45)cs3)c3ccccc3n2)c1. The van der Waals surface area contributed by atoms with Crippen molar-refractivity contribution in [1.29, 1.82) is 0 Å². The molecule has 4 aromatic carbocycles. The number of amides is 1. The first-order valence-corrected chi connectivity index (χ1v) is 12.4. The molecule has 0 aliphatic carbocycles. The molecule has 0 radical (unpaired) electrons. The molecule has 0 saturated carbocycles. The number of methoxy groups -OCH3 is 1. The molecule has 0 spiro atoms. The fourth-order valence-corrected chi connectivity index (χ4v) is 5.07. The van der Waals surface area contributed by atoms with Gasteiger partial charge in [0.25, 0.3) is 5.91 Å². The summed E-state index contributed by atoms with van der Waals surface area (Å²) in [6, 6.07) is 31.5. The van der Waals surface area contributed by atoms with Crippen molar-refractivity contribution >= 4 is 44.1 Å². The molecule has 0 fully saturated rings. The molecule has 2 heterocycles. The highest BCUT2D eigenvalue weighted by molar-refractivity contribution is 7.14. The van der Waals surface area contributed by atoms with E-state index in [1.54, 1.807) is 7.11 Å². The van der Waals surface area contributed by atoms with Gasteiger partial charge in [0, 0.05) is 21.9 Å². The molecule has 0 saturated heterocycles. The summed E-state index contributed by atoms with van der Waals surface area (Å²) < 4.78 is 5.37. The normalized spacial score (nSPS) is 11.0. The zero-order chi connectivity index (χ0) is 24.5. The fourth-order valence-electron chi connectivity index (χ4n) is 4.36. The van der Waals surface area contributed by atoms with Crippen LogP contribution in [-0.4, -0.2) is 23.0 Å². The van der Waals surface area contributed by atoms with Crippen LogP contribution in [0.3, 0.4) is 0 Å². The summed E-state index contributed by atoms with van der Waals surface area (Å²) in [5.41, 5.74) is 4.75. The minimum absolute atomic E-state index is 0.225. The molecule has 0 aliphatic heterocycles. The number of anilines is 1. The van der Waals surface area contributed by atoms with Crippen molar-refractivity contribution in [3.05, 3.63) is 108 Å². The van der Waals surface area contributed by atoms with Crippen molar-refractivity contribution in [1.82, 2.24) is 9.97 Å². The number of thiazole rings is 1. The van der Waals surface area contributed by atoms with Gasteiger partial charge in [-0.3, -0.25) is 10.1 Å². The van der Waals surface area contributed by atoms with Crippen molar-refractivity contribution in [2.45, 2.75) is 0 Å². The van der Waals surface area contributed by atoms with Gasteiger partial charge in [0.05, 0.1) is 29.6 Å². The quantitative estimate of drug-likeness (QED) is 0.274. The standard InChI is InChI=1S/C30H21N3O2S/c1-35-21-11-6-10-20(16-21)27-17-25(24-13-4-5-15-26(24)31-27)29(34)33-30-32-28(18-36-30)23-14-7-9-19-8-2-3-12-22(19)23/h2-18H,1H3,(H,32,33,34). The van der Waals surface area contributed by atoms with Crippen LogP contribution in [0.2, 0.25) is 0 Å². The molecule has 0 atom stereocenters. The van der Waals surface area contributed by atoms with Gasteiger partial charge in [-0.05, 0) is 35.0 Å². The van der Waals surface area contributed by atoms with Crippen LogP contribution in [0, 0.1) is 0 Å². The van der Waals surface area contributed by atoms with E-state index in [0.29, 0.717) is 16.4 Å². The molecule has 5 nitrogen and oxygen atoms in total. The molecule has 0 unspecified atom stereocenters. The minimum Gasteiger partial charge on any atom is -0.497 e. The van der Waals surface area contributed by atoms with E-state index in [-0.39, 0.29) is 5.91 Å². The van der Waals surface area contributed by atoms with E-state index < -0.39 is 0 Å². The Balaban J connectivity index is 1.36. The van der Waals surface area contributed by atoms with Gasteiger partial charge in [-0.1, -0.05) is 72.8 Å². The van der Waals surface area contributed by atoms with Crippen LogP contribution >= 0.6 is 11.3 Å². The summed E-state index contributed by atoms with van der Waals surface area (Å²) in [6.45, 7) is 0. The summed E-state index contributed by atoms with van der Waals surface area (Å²) >= 11 is 1.41. The third-order valence-corrected chi connectivity index (χ3v) is 6.87. The Morgan fingerprint density at radius 1 is 0.806 bits per heavy atom. The fraction of sp³-hybridized carbons (Fsp3) is 0.0333. The molecular weight excluding hydrogens is 466 g/mol. The van der Waals surface area contributed by atoms with Crippen molar-refractivity contribution in [3.8, 4) is 28.3 Å². The maximum absolute atomic E-state index is 13.5. The van der Waals surface area contributed by atoms with Gasteiger partial charge >= 0.3 is 0 Å². The number of ether oxygens (including phenoxy) is 1. The Bertz CT molecular complexity index is 1740. The summed E-state index contributed by atoms with van der Waals surface area (Å²) in [4.78, 5) is 23.0. The average Bonchev–Trinajstić information content (AvgIpc) is 3.40. The van der Waals surface area contributed by atoms with Crippen molar-refractivity contribution in [2.24, 2.45) is 0 Å². The zero-order valence-corrected chi connectivity index (χ0v) is 20.3. The molecule has 1 amide bonds. The predicted octanol–water partition coefficient (Wildman–Crippen LogP) is 7.44. The summed E-state index contributed by atoms with van der Waals surface area (Å²) in [7, 11) is 1.63. The van der Waals surface area contributed by atoms with Crippen LogP contribution < -0.4 is 10.1 Å². The van der Waals surface area contributed by atoms with E-state index in [4.69, 9.17) is 14.7 Å². The number of hydrogen-bond acceptors (Lipinski definition) is 5. The number of rotatable bonds is 5. The maximum Gasteiger partial charge on any atom is 0.258 e. The van der Waals surface area contributed by atoms with Gasteiger partial charge < -0.3 is 4.74 Å². The number of carbonyl (C=O) groups excluding carboxylic acids is 1. The third-order valence-electron chi connectivity index (χ3n) is 6.12. The molecular formula is C30H21N3O2S. The number of hydrogen-bond donors (Lipinski definition) is 1. The minimum atomic E-state index is -0.225. The maximum atomic E-state index is 13.5. The second-order valence-corrected chi connectivity index (χ2v) is 9.18. The second-order valence-electron chi connectivity index (χ2n) is 8.32. The highest BCUT2D eigenvalue weighted by atomic mass is 32.1. The van der Waals surface area contributed by atoms with Crippen LogP contribution in [-0.2, 0) is 0 Å². The highest BCUT2D eigenvalue weighted by Gasteiger charge is 2.16. The van der Waals surface area contributed by atoms with E-state index in [1.807, 2.05) is 78.2 Å². The largest absolute Gasteiger partial charge is 0.497 e. The van der Waals surface area contributed by atoms with Gasteiger partial charge in [-0.25, -0.2) is 9.97 Å². The highest BCUT2D eigenvalue weighted by Crippen LogP contribution is 2.32. The van der Waals surface area contributed by atoms with Gasteiger partial charge in [0.2, 0.25) is 0 Å². The lowest BCUT2D eigenvalue weighted by Gasteiger charge is -2.10. The van der Waals surface area contributed by atoms with Gasteiger partial charge in [-0.2, -0.15) is 0 Å². The molecule has 174 valence electrons. The Morgan fingerprint density at radius 3 is 2.47 bits per heavy atom. The van der Waals surface area contributed by atoms with Crippen molar-refractivity contribution < 1.29 is 9.53 Å². The summed E-state index contributed by atoms with van der Waals surface area (Å²) in [5.74, 6) is 0.508. The van der Waals surface area contributed by atoms with E-state index in [2.05, 4.69) is 29.6 Å². The topological polar surface area (TPSA) is 64.1 Å². The van der Waals surface area contributed by atoms with Crippen LogP contribution in [0.15, 0.2) is 102 Å². The summed E-state index contributed by atoms with van der Waals surface area (Å²) in [5, 5.41) is 8.60. The Labute approximate surface area is 212 Å². The van der Waals surface area contributed by atoms with Gasteiger partial charge in [-0.15, -0.1) is 11.3 Å². The zero-order valence-electron chi connectivity index (χ0n) is 19.4. The first kappa shape index (κ1) is 21.9. The number of pyridine rings is 1. The van der Waals surface area contributed by atoms with E-state index in [9.17, 15) is 4.79 Å². The lowest BCUT2D eigenvalue weighted by molar-refractivity contribution is 0.102. The van der Waals surface area contributed by atoms with Gasteiger partial charge in [0.1, 0.15) is 5.75 Å². The van der Waals surface area contributed by atoms with E-state index in [1.165, 1.54) is 11.3 Å². The number of nitrogens with zero attached hydrogens (tertiary/aromatic N) is 2. The lowest BCUT2D eigenvalue weighted by Crippen LogP contribution is -2.13. The molecule has 0 bridgehead atoms. The molecule has 36 heavy (non-hydrogen) atoms. The molecule has 0 aliphatic rings. The predicted molar refractivity (Wildman–Crippen MR) is 147 cm³/mol. The number of fused-ring (bicyclic) bond motifs is 2. The number of carbonyl (C=O) groups is 1. The van der Waals surface area contributed by atoms with Gasteiger partial charge in [0.15, 0.2) is 5.13 Å². The summed E-state index contributed by atoms with van der Waals surface area (Å²) in [6.07, 6.45) is 0. The number of para-hydroxylation sites is 1. The number of benzene rings is 4. The smallest absolute Gasteiger partial charge is 0.258 e. The van der Waals surface area contributed by atoms with Crippen molar-refractivity contribution in [2.75, 3.05) is 12.4 Å². The average molecular weight is 488 g/mol. The number of aromatic nitrogens is 2. The lowest BCUT2D eigenvalue weighted by atomic mass is 10.0.